The maximum atomic E-state index is 6.43. The van der Waals surface area contributed by atoms with Gasteiger partial charge < -0.3 is 18.6 Å². The Kier molecular flexibility index (Phi) is 6.06. The van der Waals surface area contributed by atoms with Gasteiger partial charge in [0.25, 0.3) is 0 Å². The number of hydrogen-bond donors (Lipinski definition) is 0. The summed E-state index contributed by atoms with van der Waals surface area (Å²) in [6.45, 7) is 19.0. The van der Waals surface area contributed by atoms with E-state index in [1.807, 2.05) is 0 Å². The maximum Gasteiger partial charge on any atom is 0.494 e. The van der Waals surface area contributed by atoms with Crippen molar-refractivity contribution in [2.24, 2.45) is 5.92 Å². The molecule has 0 N–H and O–H groups in total. The summed E-state index contributed by atoms with van der Waals surface area (Å²) in [6, 6.07) is 13.4. The van der Waals surface area contributed by atoms with E-state index in [-0.39, 0.29) is 28.3 Å². The maximum absolute atomic E-state index is 6.43. The SMILES string of the molecule is CC1C=CC=C(C2c3cc(B4OC(C)(C)C(C)(C)O4)ccc3-c3ccc(B4OC(C)(C)C(C)(C)O4)cc32)C=C1. The van der Waals surface area contributed by atoms with Crippen LogP contribution in [0.15, 0.2) is 72.4 Å². The Labute approximate surface area is 234 Å². The lowest BCUT2D eigenvalue weighted by molar-refractivity contribution is 0.00578. The van der Waals surface area contributed by atoms with Crippen LogP contribution in [-0.4, -0.2) is 36.6 Å². The quantitative estimate of drug-likeness (QED) is 0.458. The zero-order valence-electron chi connectivity index (χ0n) is 24.8. The van der Waals surface area contributed by atoms with Crippen molar-refractivity contribution in [3.8, 4) is 11.1 Å². The molecule has 2 fully saturated rings. The number of fused-ring (bicyclic) bond motifs is 3. The molecule has 2 saturated heterocycles. The minimum atomic E-state index is -0.399. The average molecular weight is 522 g/mol. The smallest absolute Gasteiger partial charge is 0.399 e. The Morgan fingerprint density at radius 3 is 1.49 bits per heavy atom. The van der Waals surface area contributed by atoms with Gasteiger partial charge >= 0.3 is 14.2 Å². The molecule has 1 unspecified atom stereocenters. The van der Waals surface area contributed by atoms with E-state index in [2.05, 4.69) is 129 Å². The van der Waals surface area contributed by atoms with Gasteiger partial charge in [-0.2, -0.15) is 0 Å². The lowest BCUT2D eigenvalue weighted by Gasteiger charge is -2.32. The Hall–Kier alpha value is -2.37. The molecule has 1 atom stereocenters. The van der Waals surface area contributed by atoms with Crippen LogP contribution >= 0.6 is 0 Å². The molecular weight excluding hydrogens is 482 g/mol. The molecule has 0 spiro atoms. The molecule has 2 aliphatic carbocycles. The number of benzene rings is 2. The molecule has 2 aromatic rings. The van der Waals surface area contributed by atoms with E-state index >= 15 is 0 Å². The van der Waals surface area contributed by atoms with Crippen molar-refractivity contribution in [3.05, 3.63) is 83.5 Å². The standard InChI is InChI=1S/C33H40B2O4/c1-21-11-10-12-22(14-13-21)29-27-19-23(34-36-30(2,3)31(4,5)37-34)15-17-25(27)26-18-16-24(20-28(26)29)35-38-32(6,7)33(8,9)39-35/h10-21,29H,1-9H3. The summed E-state index contributed by atoms with van der Waals surface area (Å²) >= 11 is 0. The van der Waals surface area contributed by atoms with E-state index in [4.69, 9.17) is 18.6 Å². The van der Waals surface area contributed by atoms with E-state index in [1.54, 1.807) is 0 Å². The first kappa shape index (κ1) is 26.8. The van der Waals surface area contributed by atoms with Crippen LogP contribution in [0, 0.1) is 5.92 Å². The van der Waals surface area contributed by atoms with Gasteiger partial charge in [-0.25, -0.2) is 0 Å². The summed E-state index contributed by atoms with van der Waals surface area (Å²) in [5, 5.41) is 0. The fraction of sp³-hybridized carbons (Fsp3) is 0.455. The predicted octanol–water partition coefficient (Wildman–Crippen LogP) is 6.09. The molecular formula is C33H40B2O4. The van der Waals surface area contributed by atoms with E-state index in [9.17, 15) is 0 Å². The molecule has 0 bridgehead atoms. The minimum absolute atomic E-state index is 0.0888. The molecule has 4 nitrogen and oxygen atoms in total. The molecule has 2 heterocycles. The molecule has 2 aromatic carbocycles. The Balaban J connectivity index is 1.44. The second kappa shape index (κ2) is 8.81. The molecule has 0 amide bonds. The lowest BCUT2D eigenvalue weighted by atomic mass is 9.75. The van der Waals surface area contributed by atoms with Crippen molar-refractivity contribution in [1.29, 1.82) is 0 Å². The van der Waals surface area contributed by atoms with Crippen molar-refractivity contribution in [1.82, 2.24) is 0 Å². The molecule has 2 aliphatic heterocycles. The fourth-order valence-corrected chi connectivity index (χ4v) is 5.83. The van der Waals surface area contributed by atoms with Crippen molar-refractivity contribution in [2.45, 2.75) is 90.6 Å². The van der Waals surface area contributed by atoms with E-state index in [1.165, 1.54) is 27.8 Å². The molecule has 6 heteroatoms. The van der Waals surface area contributed by atoms with Crippen LogP contribution in [0.5, 0.6) is 0 Å². The van der Waals surface area contributed by atoms with Crippen LogP contribution in [0.1, 0.15) is 79.4 Å². The summed E-state index contributed by atoms with van der Waals surface area (Å²) in [6.07, 6.45) is 11.3. The lowest BCUT2D eigenvalue weighted by Crippen LogP contribution is -2.41. The topological polar surface area (TPSA) is 36.9 Å². The van der Waals surface area contributed by atoms with Gasteiger partial charge in [-0.3, -0.25) is 0 Å². The van der Waals surface area contributed by atoms with Crippen molar-refractivity contribution in [3.63, 3.8) is 0 Å². The highest BCUT2D eigenvalue weighted by molar-refractivity contribution is 6.62. The highest BCUT2D eigenvalue weighted by atomic mass is 16.7. The Bertz CT molecular complexity index is 1300. The van der Waals surface area contributed by atoms with Gasteiger partial charge in [-0.1, -0.05) is 73.7 Å². The summed E-state index contributed by atoms with van der Waals surface area (Å²) < 4.78 is 25.7. The van der Waals surface area contributed by atoms with Crippen molar-refractivity contribution >= 4 is 25.2 Å². The fourth-order valence-electron chi connectivity index (χ4n) is 5.83. The van der Waals surface area contributed by atoms with Crippen LogP contribution in [0.3, 0.4) is 0 Å². The second-order valence-electron chi connectivity index (χ2n) is 13.6. The van der Waals surface area contributed by atoms with E-state index < -0.39 is 14.2 Å². The van der Waals surface area contributed by atoms with Gasteiger partial charge in [0.2, 0.25) is 0 Å². The van der Waals surface area contributed by atoms with Crippen molar-refractivity contribution in [2.75, 3.05) is 0 Å². The molecule has 0 saturated carbocycles. The van der Waals surface area contributed by atoms with Crippen LogP contribution < -0.4 is 10.9 Å². The highest BCUT2D eigenvalue weighted by Crippen LogP contribution is 2.49. The summed E-state index contributed by atoms with van der Waals surface area (Å²) in [5.74, 6) is 0.484. The largest absolute Gasteiger partial charge is 0.494 e. The second-order valence-corrected chi connectivity index (χ2v) is 13.6. The third-order valence-electron chi connectivity index (χ3n) is 9.74. The van der Waals surface area contributed by atoms with Gasteiger partial charge in [0.05, 0.1) is 22.4 Å². The number of rotatable bonds is 3. The van der Waals surface area contributed by atoms with Gasteiger partial charge in [0, 0.05) is 5.92 Å². The molecule has 4 aliphatic rings. The Morgan fingerprint density at radius 2 is 1.05 bits per heavy atom. The number of hydrogen-bond acceptors (Lipinski definition) is 4. The minimum Gasteiger partial charge on any atom is -0.399 e. The third-order valence-corrected chi connectivity index (χ3v) is 9.74. The Morgan fingerprint density at radius 1 is 0.615 bits per heavy atom. The van der Waals surface area contributed by atoms with E-state index in [0.29, 0.717) is 5.92 Å². The molecule has 39 heavy (non-hydrogen) atoms. The first-order chi connectivity index (χ1) is 18.2. The molecule has 202 valence electrons. The zero-order chi connectivity index (χ0) is 28.0. The highest BCUT2D eigenvalue weighted by Gasteiger charge is 2.53. The number of allylic oxidation sites excluding steroid dienone is 6. The van der Waals surface area contributed by atoms with Crippen LogP contribution in [0.4, 0.5) is 0 Å². The first-order valence-corrected chi connectivity index (χ1v) is 14.3. The predicted molar refractivity (Wildman–Crippen MR) is 161 cm³/mol. The summed E-state index contributed by atoms with van der Waals surface area (Å²) in [7, 11) is -0.799. The van der Waals surface area contributed by atoms with Gasteiger partial charge in [0.15, 0.2) is 0 Å². The summed E-state index contributed by atoms with van der Waals surface area (Å²) in [5.41, 5.74) is 6.91. The van der Waals surface area contributed by atoms with Crippen LogP contribution in [0.2, 0.25) is 0 Å². The monoisotopic (exact) mass is 522 g/mol. The normalized spacial score (nSPS) is 26.0. The summed E-state index contributed by atoms with van der Waals surface area (Å²) in [4.78, 5) is 0. The molecule has 6 rings (SSSR count). The average Bonchev–Trinajstić information content (AvgIpc) is 3.28. The first-order valence-electron chi connectivity index (χ1n) is 14.3. The third kappa shape index (κ3) is 4.32. The van der Waals surface area contributed by atoms with Crippen molar-refractivity contribution < 1.29 is 18.6 Å². The molecule has 0 radical (unpaired) electrons. The van der Waals surface area contributed by atoms with Gasteiger partial charge in [0.1, 0.15) is 0 Å². The zero-order valence-corrected chi connectivity index (χ0v) is 24.8. The van der Waals surface area contributed by atoms with Crippen LogP contribution in [-0.2, 0) is 18.6 Å². The van der Waals surface area contributed by atoms with Gasteiger partial charge in [-0.15, -0.1) is 0 Å². The van der Waals surface area contributed by atoms with Gasteiger partial charge in [-0.05, 0) is 100 Å². The molecule has 0 aromatic heterocycles. The van der Waals surface area contributed by atoms with Crippen LogP contribution in [0.25, 0.3) is 11.1 Å². The van der Waals surface area contributed by atoms with E-state index in [0.717, 1.165) is 10.9 Å².